The molecule has 100 valence electrons. The average Bonchev–Trinajstić information content (AvgIpc) is 2.44. The lowest BCUT2D eigenvalue weighted by Gasteiger charge is -2.22. The summed E-state index contributed by atoms with van der Waals surface area (Å²) in [5, 5.41) is 9.09. The lowest BCUT2D eigenvalue weighted by molar-refractivity contribution is -0.137. The molecule has 0 spiro atoms. The SMILES string of the molecule is CCOC(=O)/C=C1\SC(=O)C(O)=C1OC(C)(C)C. The number of carbonyl (C=O) groups excluding carboxylic acids is 2. The van der Waals surface area contributed by atoms with E-state index in [1.165, 1.54) is 0 Å². The topological polar surface area (TPSA) is 72.8 Å². The van der Waals surface area contributed by atoms with Crippen molar-refractivity contribution in [2.45, 2.75) is 33.3 Å². The van der Waals surface area contributed by atoms with E-state index in [9.17, 15) is 14.7 Å². The maximum atomic E-state index is 11.4. The standard InChI is InChI=1S/C12H16O5S/c1-5-16-8(13)6-7-10(17-12(2,3)4)9(14)11(15)18-7/h6,14H,5H2,1-4H3/b7-6-. The number of esters is 1. The third-order valence-electron chi connectivity index (χ3n) is 1.78. The van der Waals surface area contributed by atoms with E-state index in [0.717, 1.165) is 17.8 Å². The van der Waals surface area contributed by atoms with Gasteiger partial charge in [-0.2, -0.15) is 0 Å². The van der Waals surface area contributed by atoms with Crippen LogP contribution in [0.4, 0.5) is 0 Å². The van der Waals surface area contributed by atoms with E-state index in [1.807, 2.05) is 0 Å². The fourth-order valence-electron chi connectivity index (χ4n) is 1.19. The van der Waals surface area contributed by atoms with Crippen molar-refractivity contribution in [2.24, 2.45) is 0 Å². The minimum atomic E-state index is -0.581. The Morgan fingerprint density at radius 3 is 2.56 bits per heavy atom. The molecule has 0 aliphatic carbocycles. The zero-order chi connectivity index (χ0) is 13.9. The molecule has 18 heavy (non-hydrogen) atoms. The van der Waals surface area contributed by atoms with Crippen molar-refractivity contribution < 1.29 is 24.2 Å². The van der Waals surface area contributed by atoms with Crippen LogP contribution in [0.5, 0.6) is 0 Å². The third kappa shape index (κ3) is 3.80. The summed E-state index contributed by atoms with van der Waals surface area (Å²) in [6.07, 6.45) is 1.15. The molecule has 0 saturated heterocycles. The Hall–Kier alpha value is -1.43. The Kier molecular flexibility index (Phi) is 4.45. The van der Waals surface area contributed by atoms with Gasteiger partial charge in [0.15, 0.2) is 5.76 Å². The normalized spacial score (nSPS) is 18.4. The highest BCUT2D eigenvalue weighted by Gasteiger charge is 2.33. The molecule has 1 aliphatic heterocycles. The van der Waals surface area contributed by atoms with Crippen molar-refractivity contribution in [1.29, 1.82) is 0 Å². The number of rotatable bonds is 3. The van der Waals surface area contributed by atoms with Gasteiger partial charge in [-0.05, 0) is 39.5 Å². The summed E-state index contributed by atoms with van der Waals surface area (Å²) >= 11 is 0.749. The summed E-state index contributed by atoms with van der Waals surface area (Å²) in [5.41, 5.74) is -0.581. The lowest BCUT2D eigenvalue weighted by Crippen LogP contribution is -2.19. The molecule has 0 saturated carbocycles. The molecular formula is C12H16O5S. The van der Waals surface area contributed by atoms with Crippen LogP contribution in [0.25, 0.3) is 0 Å². The average molecular weight is 272 g/mol. The number of aliphatic hydroxyl groups excluding tert-OH is 1. The second-order valence-electron chi connectivity index (χ2n) is 4.54. The number of hydrogen-bond donors (Lipinski definition) is 1. The molecule has 0 radical (unpaired) electrons. The van der Waals surface area contributed by atoms with Crippen LogP contribution in [-0.2, 0) is 19.1 Å². The minimum absolute atomic E-state index is 0.0329. The van der Waals surface area contributed by atoms with Gasteiger partial charge in [0.1, 0.15) is 5.60 Å². The van der Waals surface area contributed by atoms with E-state index in [-0.39, 0.29) is 17.3 Å². The number of carbonyl (C=O) groups is 2. The maximum Gasteiger partial charge on any atom is 0.332 e. The zero-order valence-electron chi connectivity index (χ0n) is 10.8. The van der Waals surface area contributed by atoms with Gasteiger partial charge in [0.05, 0.1) is 11.5 Å². The smallest absolute Gasteiger partial charge is 0.332 e. The first-order valence-electron chi connectivity index (χ1n) is 5.48. The molecule has 0 amide bonds. The van der Waals surface area contributed by atoms with Gasteiger partial charge in [0.25, 0.3) is 5.12 Å². The van der Waals surface area contributed by atoms with Crippen molar-refractivity contribution in [3.63, 3.8) is 0 Å². The Bertz CT molecular complexity index is 428. The van der Waals surface area contributed by atoms with Crippen LogP contribution in [-0.4, -0.2) is 28.4 Å². The van der Waals surface area contributed by atoms with E-state index in [1.54, 1.807) is 27.7 Å². The van der Waals surface area contributed by atoms with Crippen molar-refractivity contribution in [3.8, 4) is 0 Å². The van der Waals surface area contributed by atoms with Gasteiger partial charge in [-0.15, -0.1) is 0 Å². The summed E-state index contributed by atoms with van der Waals surface area (Å²) in [6.45, 7) is 7.27. The molecule has 1 aliphatic rings. The number of ether oxygens (including phenoxy) is 2. The second kappa shape index (κ2) is 5.48. The first-order chi connectivity index (χ1) is 8.24. The van der Waals surface area contributed by atoms with Crippen molar-refractivity contribution in [3.05, 3.63) is 22.5 Å². The summed E-state index contributed by atoms with van der Waals surface area (Å²) < 4.78 is 10.2. The summed E-state index contributed by atoms with van der Waals surface area (Å²) in [6, 6.07) is 0. The molecule has 0 atom stereocenters. The first kappa shape index (κ1) is 14.6. The molecule has 1 heterocycles. The third-order valence-corrected chi connectivity index (χ3v) is 2.68. The van der Waals surface area contributed by atoms with Crippen LogP contribution in [0.15, 0.2) is 22.5 Å². The van der Waals surface area contributed by atoms with Gasteiger partial charge in [0, 0.05) is 6.08 Å². The molecule has 0 fully saturated rings. The van der Waals surface area contributed by atoms with Crippen LogP contribution in [0.2, 0.25) is 0 Å². The summed E-state index contributed by atoms with van der Waals surface area (Å²) in [5.74, 6) is -1.01. The number of aliphatic hydroxyl groups is 1. The second-order valence-corrected chi connectivity index (χ2v) is 5.56. The zero-order valence-corrected chi connectivity index (χ0v) is 11.6. The maximum absolute atomic E-state index is 11.4. The van der Waals surface area contributed by atoms with Crippen molar-refractivity contribution in [2.75, 3.05) is 6.61 Å². The molecule has 5 nitrogen and oxygen atoms in total. The molecule has 0 aromatic rings. The van der Waals surface area contributed by atoms with E-state index in [2.05, 4.69) is 0 Å². The van der Waals surface area contributed by atoms with Crippen LogP contribution < -0.4 is 0 Å². The largest absolute Gasteiger partial charge is 0.501 e. The summed E-state index contributed by atoms with van der Waals surface area (Å²) in [4.78, 5) is 23.0. The predicted octanol–water partition coefficient (Wildman–Crippen LogP) is 2.29. The highest BCUT2D eigenvalue weighted by molar-refractivity contribution is 8.18. The van der Waals surface area contributed by atoms with Gasteiger partial charge >= 0.3 is 5.97 Å². The fourth-order valence-corrected chi connectivity index (χ4v) is 1.97. The van der Waals surface area contributed by atoms with Crippen LogP contribution >= 0.6 is 11.8 Å². The van der Waals surface area contributed by atoms with E-state index >= 15 is 0 Å². The van der Waals surface area contributed by atoms with Crippen molar-refractivity contribution in [1.82, 2.24) is 0 Å². The Morgan fingerprint density at radius 2 is 2.06 bits per heavy atom. The van der Waals surface area contributed by atoms with E-state index in [0.29, 0.717) is 0 Å². The fraction of sp³-hybridized carbons (Fsp3) is 0.500. The summed E-state index contributed by atoms with van der Waals surface area (Å²) in [7, 11) is 0. The van der Waals surface area contributed by atoms with Crippen molar-refractivity contribution >= 4 is 22.8 Å². The van der Waals surface area contributed by atoms with Crippen LogP contribution in [0.1, 0.15) is 27.7 Å². The van der Waals surface area contributed by atoms with Gasteiger partial charge in [-0.25, -0.2) is 4.79 Å². The van der Waals surface area contributed by atoms with Crippen LogP contribution in [0, 0.1) is 0 Å². The quantitative estimate of drug-likeness (QED) is 0.627. The highest BCUT2D eigenvalue weighted by atomic mass is 32.2. The molecule has 6 heteroatoms. The molecular weight excluding hydrogens is 256 g/mol. The van der Waals surface area contributed by atoms with Crippen LogP contribution in [0.3, 0.4) is 0 Å². The number of hydrogen-bond acceptors (Lipinski definition) is 6. The Balaban J connectivity index is 3.00. The molecule has 1 N–H and O–H groups in total. The predicted molar refractivity (Wildman–Crippen MR) is 67.8 cm³/mol. The van der Waals surface area contributed by atoms with E-state index in [4.69, 9.17) is 9.47 Å². The monoisotopic (exact) mass is 272 g/mol. The molecule has 0 aromatic carbocycles. The lowest BCUT2D eigenvalue weighted by atomic mass is 10.2. The van der Waals surface area contributed by atoms with Gasteiger partial charge < -0.3 is 14.6 Å². The molecule has 0 bridgehead atoms. The Morgan fingerprint density at radius 1 is 1.44 bits per heavy atom. The minimum Gasteiger partial charge on any atom is -0.501 e. The van der Waals surface area contributed by atoms with Gasteiger partial charge in [0.2, 0.25) is 5.76 Å². The number of thioether (sulfide) groups is 1. The Labute approximate surface area is 110 Å². The molecule has 0 unspecified atom stereocenters. The highest BCUT2D eigenvalue weighted by Crippen LogP contribution is 2.39. The molecule has 0 aromatic heterocycles. The first-order valence-corrected chi connectivity index (χ1v) is 6.29. The molecule has 1 rings (SSSR count). The van der Waals surface area contributed by atoms with Gasteiger partial charge in [-0.3, -0.25) is 4.79 Å². The van der Waals surface area contributed by atoms with E-state index < -0.39 is 22.4 Å². The van der Waals surface area contributed by atoms with Gasteiger partial charge in [-0.1, -0.05) is 0 Å².